The fourth-order valence-corrected chi connectivity index (χ4v) is 2.73. The van der Waals surface area contributed by atoms with Crippen molar-refractivity contribution in [2.45, 2.75) is 18.9 Å². The first-order valence-electron chi connectivity index (χ1n) is 5.74. The molecule has 1 amide bonds. The van der Waals surface area contributed by atoms with Crippen molar-refractivity contribution in [3.63, 3.8) is 0 Å². The molecule has 1 aromatic heterocycles. The first-order chi connectivity index (χ1) is 8.54. The van der Waals surface area contributed by atoms with Gasteiger partial charge in [-0.2, -0.15) is 0 Å². The first kappa shape index (κ1) is 13.0. The van der Waals surface area contributed by atoms with Crippen LogP contribution in [0.25, 0.3) is 0 Å². The zero-order chi connectivity index (χ0) is 13.3. The third-order valence-corrected chi connectivity index (χ3v) is 4.12. The van der Waals surface area contributed by atoms with Crippen molar-refractivity contribution in [3.8, 4) is 0 Å². The molecular formula is C11H15N3O3S. The molecule has 0 aromatic carbocycles. The van der Waals surface area contributed by atoms with Crippen molar-refractivity contribution in [2.24, 2.45) is 11.7 Å². The summed E-state index contributed by atoms with van der Waals surface area (Å²) in [5, 5.41) is 12.1. The van der Waals surface area contributed by atoms with Gasteiger partial charge >= 0.3 is 5.00 Å². The first-order valence-corrected chi connectivity index (χ1v) is 6.62. The van der Waals surface area contributed by atoms with E-state index < -0.39 is 4.92 Å². The van der Waals surface area contributed by atoms with Gasteiger partial charge in [0.25, 0.3) is 5.91 Å². The molecule has 1 aliphatic rings. The molecular weight excluding hydrogens is 254 g/mol. The Morgan fingerprint density at radius 3 is 2.83 bits per heavy atom. The monoisotopic (exact) mass is 269 g/mol. The lowest BCUT2D eigenvalue weighted by atomic mass is 10.1. The highest BCUT2D eigenvalue weighted by Gasteiger charge is 2.35. The van der Waals surface area contributed by atoms with Crippen LogP contribution in [0.4, 0.5) is 5.00 Å². The molecule has 0 spiro atoms. The Balaban J connectivity index is 2.11. The van der Waals surface area contributed by atoms with Crippen LogP contribution in [-0.2, 0) is 0 Å². The highest BCUT2D eigenvalue weighted by atomic mass is 32.1. The Labute approximate surface area is 109 Å². The normalized spacial score (nSPS) is 16.3. The topological polar surface area (TPSA) is 89.5 Å². The number of carbonyl (C=O) groups excluding carboxylic acids is 1. The fraction of sp³-hybridized carbons (Fsp3) is 0.545. The minimum absolute atomic E-state index is 0.0116. The zero-order valence-electron chi connectivity index (χ0n) is 10.0. The number of likely N-dealkylation sites (N-methyl/N-ethyl adjacent to an activating group) is 1. The summed E-state index contributed by atoms with van der Waals surface area (Å²) in [6, 6.07) is 1.36. The molecule has 2 rings (SSSR count). The van der Waals surface area contributed by atoms with E-state index in [0.29, 0.717) is 18.0 Å². The van der Waals surface area contributed by atoms with E-state index in [1.165, 1.54) is 11.4 Å². The van der Waals surface area contributed by atoms with Crippen LogP contribution in [0.1, 0.15) is 23.2 Å². The maximum Gasteiger partial charge on any atom is 0.324 e. The molecule has 2 N–H and O–H groups in total. The summed E-state index contributed by atoms with van der Waals surface area (Å²) in [5.41, 5.74) is 6.05. The summed E-state index contributed by atoms with van der Waals surface area (Å²) in [4.78, 5) is 23.9. The van der Waals surface area contributed by atoms with Crippen molar-refractivity contribution in [1.29, 1.82) is 0 Å². The lowest BCUT2D eigenvalue weighted by Gasteiger charge is -2.26. The molecule has 1 fully saturated rings. The van der Waals surface area contributed by atoms with E-state index >= 15 is 0 Å². The average Bonchev–Trinajstić information content (AvgIpc) is 3.04. The van der Waals surface area contributed by atoms with Gasteiger partial charge in [0.05, 0.1) is 10.5 Å². The standard InChI is InChI=1S/C11H15N3O3S/c1-13(9(5-12)7-2-3-7)11(15)8-4-10(14(16)17)18-6-8/h4,6-7,9H,2-3,5,12H2,1H3. The molecule has 1 heterocycles. The highest BCUT2D eigenvalue weighted by Crippen LogP contribution is 2.35. The second kappa shape index (κ2) is 5.03. The van der Waals surface area contributed by atoms with E-state index in [2.05, 4.69) is 0 Å². The van der Waals surface area contributed by atoms with Gasteiger partial charge in [-0.05, 0) is 18.8 Å². The lowest BCUT2D eigenvalue weighted by Crippen LogP contribution is -2.43. The minimum Gasteiger partial charge on any atom is -0.337 e. The highest BCUT2D eigenvalue weighted by molar-refractivity contribution is 7.13. The van der Waals surface area contributed by atoms with Crippen LogP contribution >= 0.6 is 11.3 Å². The third-order valence-electron chi connectivity index (χ3n) is 3.24. The minimum atomic E-state index is -0.483. The number of nitro groups is 1. The molecule has 0 saturated heterocycles. The van der Waals surface area contributed by atoms with Gasteiger partial charge in [0.2, 0.25) is 0 Å². The molecule has 1 atom stereocenters. The van der Waals surface area contributed by atoms with Crippen LogP contribution in [0.15, 0.2) is 11.4 Å². The Morgan fingerprint density at radius 2 is 2.39 bits per heavy atom. The molecule has 1 aliphatic carbocycles. The summed E-state index contributed by atoms with van der Waals surface area (Å²) in [6.07, 6.45) is 2.20. The Morgan fingerprint density at radius 1 is 1.72 bits per heavy atom. The molecule has 1 aromatic rings. The number of carbonyl (C=O) groups is 1. The van der Waals surface area contributed by atoms with E-state index in [9.17, 15) is 14.9 Å². The van der Waals surface area contributed by atoms with Gasteiger partial charge in [-0.3, -0.25) is 14.9 Å². The fourth-order valence-electron chi connectivity index (χ4n) is 2.03. The largest absolute Gasteiger partial charge is 0.337 e. The molecule has 0 radical (unpaired) electrons. The molecule has 1 unspecified atom stereocenters. The zero-order valence-corrected chi connectivity index (χ0v) is 10.9. The second-order valence-corrected chi connectivity index (χ2v) is 5.38. The average molecular weight is 269 g/mol. The molecule has 0 bridgehead atoms. The summed E-state index contributed by atoms with van der Waals surface area (Å²) in [5.74, 6) is 0.291. The van der Waals surface area contributed by atoms with Crippen molar-refractivity contribution in [2.75, 3.05) is 13.6 Å². The summed E-state index contributed by atoms with van der Waals surface area (Å²) in [7, 11) is 1.71. The molecule has 1 saturated carbocycles. The van der Waals surface area contributed by atoms with E-state index in [1.807, 2.05) is 0 Å². The van der Waals surface area contributed by atoms with E-state index in [-0.39, 0.29) is 17.0 Å². The van der Waals surface area contributed by atoms with Gasteiger partial charge < -0.3 is 10.6 Å². The van der Waals surface area contributed by atoms with Gasteiger partial charge in [0, 0.05) is 31.1 Å². The molecule has 18 heavy (non-hydrogen) atoms. The third kappa shape index (κ3) is 2.51. The van der Waals surface area contributed by atoms with E-state index in [4.69, 9.17) is 5.73 Å². The molecule has 6 nitrogen and oxygen atoms in total. The smallest absolute Gasteiger partial charge is 0.324 e. The number of nitrogens with zero attached hydrogens (tertiary/aromatic N) is 2. The van der Waals surface area contributed by atoms with Crippen molar-refractivity contribution in [3.05, 3.63) is 27.1 Å². The van der Waals surface area contributed by atoms with Crippen molar-refractivity contribution >= 4 is 22.2 Å². The van der Waals surface area contributed by atoms with Crippen LogP contribution < -0.4 is 5.73 Å². The van der Waals surface area contributed by atoms with Gasteiger partial charge in [0.15, 0.2) is 0 Å². The Kier molecular flexibility index (Phi) is 3.63. The van der Waals surface area contributed by atoms with E-state index in [0.717, 1.165) is 24.2 Å². The maximum atomic E-state index is 12.2. The lowest BCUT2D eigenvalue weighted by molar-refractivity contribution is -0.380. The van der Waals surface area contributed by atoms with Crippen LogP contribution in [0.5, 0.6) is 0 Å². The van der Waals surface area contributed by atoms with Crippen LogP contribution in [-0.4, -0.2) is 35.4 Å². The number of thiophene rings is 1. The van der Waals surface area contributed by atoms with Crippen molar-refractivity contribution in [1.82, 2.24) is 4.90 Å². The van der Waals surface area contributed by atoms with Crippen molar-refractivity contribution < 1.29 is 9.72 Å². The van der Waals surface area contributed by atoms with Gasteiger partial charge in [0.1, 0.15) is 0 Å². The number of rotatable bonds is 5. The number of hydrogen-bond donors (Lipinski definition) is 1. The predicted octanol–water partition coefficient (Wildman–Crippen LogP) is 1.47. The van der Waals surface area contributed by atoms with Crippen LogP contribution in [0.2, 0.25) is 0 Å². The molecule has 0 aliphatic heterocycles. The van der Waals surface area contributed by atoms with Gasteiger partial charge in [-0.25, -0.2) is 0 Å². The van der Waals surface area contributed by atoms with Crippen LogP contribution in [0.3, 0.4) is 0 Å². The summed E-state index contributed by atoms with van der Waals surface area (Å²) in [6.45, 7) is 0.430. The van der Waals surface area contributed by atoms with Crippen LogP contribution in [0, 0.1) is 16.0 Å². The number of hydrogen-bond acceptors (Lipinski definition) is 5. The SMILES string of the molecule is CN(C(=O)c1csc([N+](=O)[O-])c1)C(CN)C1CC1. The van der Waals surface area contributed by atoms with Gasteiger partial charge in [-0.1, -0.05) is 11.3 Å². The Hall–Kier alpha value is -1.47. The number of nitrogens with two attached hydrogens (primary N) is 1. The molecule has 7 heteroatoms. The predicted molar refractivity (Wildman–Crippen MR) is 68.6 cm³/mol. The summed E-state index contributed by atoms with van der Waals surface area (Å²) < 4.78 is 0. The maximum absolute atomic E-state index is 12.2. The quantitative estimate of drug-likeness (QED) is 0.647. The Bertz CT molecular complexity index is 470. The molecule has 98 valence electrons. The second-order valence-electron chi connectivity index (χ2n) is 4.49. The van der Waals surface area contributed by atoms with Gasteiger partial charge in [-0.15, -0.1) is 0 Å². The van der Waals surface area contributed by atoms with E-state index in [1.54, 1.807) is 11.9 Å². The summed E-state index contributed by atoms with van der Waals surface area (Å²) >= 11 is 0.969. The number of amides is 1.